The first-order valence-electron chi connectivity index (χ1n) is 7.43. The molecule has 0 radical (unpaired) electrons. The van der Waals surface area contributed by atoms with Crippen LogP contribution in [0.4, 0.5) is 0 Å². The summed E-state index contributed by atoms with van der Waals surface area (Å²) in [4.78, 5) is 23.3. The summed E-state index contributed by atoms with van der Waals surface area (Å²) in [5, 5.41) is 3.57. The van der Waals surface area contributed by atoms with Crippen molar-refractivity contribution in [2.45, 2.75) is 39.7 Å². The van der Waals surface area contributed by atoms with E-state index in [1.807, 2.05) is 32.0 Å². The van der Waals surface area contributed by atoms with Crippen molar-refractivity contribution in [1.82, 2.24) is 5.32 Å². The van der Waals surface area contributed by atoms with Gasteiger partial charge >= 0.3 is 5.97 Å². The van der Waals surface area contributed by atoms with E-state index in [0.29, 0.717) is 0 Å². The number of hydrogen-bond acceptors (Lipinski definition) is 4. The van der Waals surface area contributed by atoms with E-state index in [2.05, 4.69) is 12.2 Å². The number of furan rings is 1. The van der Waals surface area contributed by atoms with Crippen molar-refractivity contribution < 1.29 is 18.7 Å². The van der Waals surface area contributed by atoms with Crippen LogP contribution in [-0.2, 0) is 27.2 Å². The van der Waals surface area contributed by atoms with E-state index in [-0.39, 0.29) is 25.0 Å². The standard InChI is InChI=1S/C17H21NO4/c1-4-12-5-6-14-13(9-21-15(14)7-12)8-17(20)22-10-16(19)18-11(2)3/h5-7,9,11H,4,8,10H2,1-3H3,(H,18,19). The van der Waals surface area contributed by atoms with Gasteiger partial charge < -0.3 is 14.5 Å². The molecule has 1 aromatic carbocycles. The predicted octanol–water partition coefficient (Wildman–Crippen LogP) is 2.61. The van der Waals surface area contributed by atoms with Crippen LogP contribution in [0.25, 0.3) is 11.0 Å². The van der Waals surface area contributed by atoms with Gasteiger partial charge in [-0.3, -0.25) is 9.59 Å². The number of amides is 1. The molecular formula is C17H21NO4. The molecule has 5 heteroatoms. The summed E-state index contributed by atoms with van der Waals surface area (Å²) in [5.74, 6) is -0.742. The molecule has 0 fully saturated rings. The zero-order valence-corrected chi connectivity index (χ0v) is 13.1. The van der Waals surface area contributed by atoms with Crippen molar-refractivity contribution in [3.63, 3.8) is 0 Å². The van der Waals surface area contributed by atoms with Crippen molar-refractivity contribution in [1.29, 1.82) is 0 Å². The van der Waals surface area contributed by atoms with Crippen LogP contribution in [0.1, 0.15) is 31.9 Å². The van der Waals surface area contributed by atoms with Crippen LogP contribution < -0.4 is 5.32 Å². The monoisotopic (exact) mass is 303 g/mol. The molecule has 1 amide bonds. The minimum absolute atomic E-state index is 0.0248. The summed E-state index contributed by atoms with van der Waals surface area (Å²) in [7, 11) is 0. The van der Waals surface area contributed by atoms with E-state index < -0.39 is 5.97 Å². The highest BCUT2D eigenvalue weighted by molar-refractivity contribution is 5.87. The third kappa shape index (κ3) is 4.10. The molecule has 2 rings (SSSR count). The number of fused-ring (bicyclic) bond motifs is 1. The highest BCUT2D eigenvalue weighted by Gasteiger charge is 2.13. The van der Waals surface area contributed by atoms with Crippen LogP contribution in [0.3, 0.4) is 0 Å². The molecule has 1 aromatic heterocycles. The Morgan fingerprint density at radius 2 is 2.09 bits per heavy atom. The second-order valence-corrected chi connectivity index (χ2v) is 5.50. The molecule has 0 aliphatic heterocycles. The molecule has 0 saturated carbocycles. The first-order chi connectivity index (χ1) is 10.5. The summed E-state index contributed by atoms with van der Waals surface area (Å²) >= 11 is 0. The summed E-state index contributed by atoms with van der Waals surface area (Å²) in [5.41, 5.74) is 2.72. The van der Waals surface area contributed by atoms with E-state index in [1.165, 1.54) is 5.56 Å². The van der Waals surface area contributed by atoms with Gasteiger partial charge in [-0.15, -0.1) is 0 Å². The molecule has 0 aliphatic rings. The molecule has 0 aliphatic carbocycles. The molecule has 0 spiro atoms. The lowest BCUT2D eigenvalue weighted by molar-refractivity contribution is -0.148. The van der Waals surface area contributed by atoms with Crippen molar-refractivity contribution >= 4 is 22.8 Å². The number of carbonyl (C=O) groups excluding carboxylic acids is 2. The van der Waals surface area contributed by atoms with Gasteiger partial charge in [0.25, 0.3) is 5.91 Å². The maximum absolute atomic E-state index is 11.8. The van der Waals surface area contributed by atoms with Gasteiger partial charge in [0.1, 0.15) is 5.58 Å². The average molecular weight is 303 g/mol. The average Bonchev–Trinajstić information content (AvgIpc) is 2.86. The van der Waals surface area contributed by atoms with E-state index >= 15 is 0 Å². The summed E-state index contributed by atoms with van der Waals surface area (Å²) in [6, 6.07) is 5.96. The lowest BCUT2D eigenvalue weighted by Crippen LogP contribution is -2.34. The first-order valence-corrected chi connectivity index (χ1v) is 7.43. The maximum atomic E-state index is 11.8. The smallest absolute Gasteiger partial charge is 0.310 e. The van der Waals surface area contributed by atoms with Gasteiger partial charge in [-0.2, -0.15) is 0 Å². The molecule has 1 heterocycles. The fourth-order valence-corrected chi connectivity index (χ4v) is 2.20. The highest BCUT2D eigenvalue weighted by atomic mass is 16.5. The number of carbonyl (C=O) groups is 2. The second-order valence-electron chi connectivity index (χ2n) is 5.50. The Balaban J connectivity index is 1.96. The number of rotatable bonds is 6. The Bertz CT molecular complexity index is 672. The molecule has 0 saturated heterocycles. The molecule has 2 aromatic rings. The normalized spacial score (nSPS) is 10.9. The van der Waals surface area contributed by atoms with Crippen LogP contribution in [0, 0.1) is 0 Å². The third-order valence-corrected chi connectivity index (χ3v) is 3.28. The fraction of sp³-hybridized carbons (Fsp3) is 0.412. The first kappa shape index (κ1) is 16.1. The fourth-order valence-electron chi connectivity index (χ4n) is 2.20. The van der Waals surface area contributed by atoms with Crippen molar-refractivity contribution in [2.24, 2.45) is 0 Å². The third-order valence-electron chi connectivity index (χ3n) is 3.28. The Morgan fingerprint density at radius 3 is 2.77 bits per heavy atom. The molecule has 0 atom stereocenters. The van der Waals surface area contributed by atoms with Gasteiger partial charge in [-0.25, -0.2) is 0 Å². The largest absolute Gasteiger partial charge is 0.464 e. The predicted molar refractivity (Wildman–Crippen MR) is 83.5 cm³/mol. The molecule has 0 bridgehead atoms. The molecule has 1 N–H and O–H groups in total. The van der Waals surface area contributed by atoms with E-state index in [9.17, 15) is 9.59 Å². The van der Waals surface area contributed by atoms with Crippen LogP contribution in [-0.4, -0.2) is 24.5 Å². The number of hydrogen-bond donors (Lipinski definition) is 1. The quantitative estimate of drug-likeness (QED) is 0.833. The van der Waals surface area contributed by atoms with Gasteiger partial charge in [-0.1, -0.05) is 19.1 Å². The number of nitrogens with one attached hydrogen (secondary N) is 1. The number of ether oxygens (including phenoxy) is 1. The lowest BCUT2D eigenvalue weighted by Gasteiger charge is -2.08. The summed E-state index contributed by atoms with van der Waals surface area (Å²) in [6.07, 6.45) is 2.59. The lowest BCUT2D eigenvalue weighted by atomic mass is 10.1. The van der Waals surface area contributed by atoms with Crippen molar-refractivity contribution in [3.8, 4) is 0 Å². The molecule has 5 nitrogen and oxygen atoms in total. The Kier molecular flexibility index (Phi) is 5.20. The Hall–Kier alpha value is -2.30. The van der Waals surface area contributed by atoms with Gasteiger partial charge in [0.2, 0.25) is 0 Å². The summed E-state index contributed by atoms with van der Waals surface area (Å²) in [6.45, 7) is 5.52. The topological polar surface area (TPSA) is 68.5 Å². The SMILES string of the molecule is CCc1ccc2c(CC(=O)OCC(=O)NC(C)C)coc2c1. The minimum atomic E-state index is -0.443. The highest BCUT2D eigenvalue weighted by Crippen LogP contribution is 2.23. The van der Waals surface area contributed by atoms with Crippen LogP contribution in [0.5, 0.6) is 0 Å². The number of aryl methyl sites for hydroxylation is 1. The molecule has 0 unspecified atom stereocenters. The Labute approximate surface area is 129 Å². The van der Waals surface area contributed by atoms with E-state index in [1.54, 1.807) is 6.26 Å². The van der Waals surface area contributed by atoms with Gasteiger partial charge in [-0.05, 0) is 31.9 Å². The Morgan fingerprint density at radius 1 is 1.32 bits per heavy atom. The zero-order chi connectivity index (χ0) is 16.1. The van der Waals surface area contributed by atoms with Crippen LogP contribution in [0.2, 0.25) is 0 Å². The zero-order valence-electron chi connectivity index (χ0n) is 13.1. The molecular weight excluding hydrogens is 282 g/mol. The molecule has 22 heavy (non-hydrogen) atoms. The van der Waals surface area contributed by atoms with Gasteiger partial charge in [0.05, 0.1) is 12.7 Å². The second kappa shape index (κ2) is 7.11. The molecule has 118 valence electrons. The maximum Gasteiger partial charge on any atom is 0.310 e. The number of esters is 1. The van der Waals surface area contributed by atoms with E-state index in [0.717, 1.165) is 23.0 Å². The minimum Gasteiger partial charge on any atom is -0.464 e. The van der Waals surface area contributed by atoms with Gasteiger partial charge in [0, 0.05) is 17.0 Å². The van der Waals surface area contributed by atoms with Crippen molar-refractivity contribution in [2.75, 3.05) is 6.61 Å². The van der Waals surface area contributed by atoms with Crippen LogP contribution in [0.15, 0.2) is 28.9 Å². The van der Waals surface area contributed by atoms with E-state index in [4.69, 9.17) is 9.15 Å². The summed E-state index contributed by atoms with van der Waals surface area (Å²) < 4.78 is 10.5. The van der Waals surface area contributed by atoms with Gasteiger partial charge in [0.15, 0.2) is 6.61 Å². The number of benzene rings is 1. The van der Waals surface area contributed by atoms with Crippen molar-refractivity contribution in [3.05, 3.63) is 35.6 Å². The van der Waals surface area contributed by atoms with Crippen LogP contribution >= 0.6 is 0 Å².